The first-order valence-corrected chi connectivity index (χ1v) is 7.84. The third-order valence-electron chi connectivity index (χ3n) is 4.63. The summed E-state index contributed by atoms with van der Waals surface area (Å²) in [6, 6.07) is 14.3. The number of benzene rings is 2. The second-order valence-corrected chi connectivity index (χ2v) is 6.26. The van der Waals surface area contributed by atoms with Gasteiger partial charge < -0.3 is 5.11 Å². The predicted octanol–water partition coefficient (Wildman–Crippen LogP) is 3.90. The number of aromatic carboxylic acids is 1. The van der Waals surface area contributed by atoms with E-state index >= 15 is 0 Å². The molecule has 4 heteroatoms. The summed E-state index contributed by atoms with van der Waals surface area (Å²) in [7, 11) is 0. The lowest BCUT2D eigenvalue weighted by Gasteiger charge is -2.21. The van der Waals surface area contributed by atoms with Crippen LogP contribution in [0.1, 0.15) is 40.7 Å². The van der Waals surface area contributed by atoms with Crippen LogP contribution in [0, 0.1) is 5.82 Å². The maximum Gasteiger partial charge on any atom is 0.335 e. The Hall–Kier alpha value is -2.20. The van der Waals surface area contributed by atoms with Gasteiger partial charge in [-0.25, -0.2) is 9.18 Å². The highest BCUT2D eigenvalue weighted by Crippen LogP contribution is 2.32. The standard InChI is InChI=1S/C19H20FNO2/c1-13-10-17(15-6-8-18(20)9-7-15)12-21(13)11-14-2-4-16(5-3-14)19(22)23/h2-9,13,17H,10-12H2,1H3,(H,22,23)/t13-,17+/m1/s1. The minimum Gasteiger partial charge on any atom is -0.478 e. The second-order valence-electron chi connectivity index (χ2n) is 6.26. The lowest BCUT2D eigenvalue weighted by atomic mass is 9.97. The van der Waals surface area contributed by atoms with E-state index in [1.54, 1.807) is 12.1 Å². The fourth-order valence-electron chi connectivity index (χ4n) is 3.28. The van der Waals surface area contributed by atoms with Crippen LogP contribution in [0.25, 0.3) is 0 Å². The molecule has 0 aromatic heterocycles. The molecular formula is C19H20FNO2. The number of carboxylic acid groups (broad SMARTS) is 1. The highest BCUT2D eigenvalue weighted by Gasteiger charge is 2.29. The average Bonchev–Trinajstić information content (AvgIpc) is 2.89. The van der Waals surface area contributed by atoms with Gasteiger partial charge in [-0.05, 0) is 54.7 Å². The van der Waals surface area contributed by atoms with Crippen molar-refractivity contribution in [3.63, 3.8) is 0 Å². The minimum atomic E-state index is -0.900. The molecule has 0 bridgehead atoms. The molecule has 0 aliphatic carbocycles. The summed E-state index contributed by atoms with van der Waals surface area (Å²) in [4.78, 5) is 13.3. The number of carboxylic acids is 1. The van der Waals surface area contributed by atoms with E-state index in [0.29, 0.717) is 17.5 Å². The molecule has 1 aliphatic heterocycles. The Bertz CT molecular complexity index is 682. The van der Waals surface area contributed by atoms with Crippen molar-refractivity contribution in [3.05, 3.63) is 71.0 Å². The van der Waals surface area contributed by atoms with Gasteiger partial charge in [0.2, 0.25) is 0 Å². The summed E-state index contributed by atoms with van der Waals surface area (Å²) in [6.07, 6.45) is 1.05. The zero-order chi connectivity index (χ0) is 16.4. The number of carbonyl (C=O) groups is 1. The highest BCUT2D eigenvalue weighted by atomic mass is 19.1. The van der Waals surface area contributed by atoms with Crippen molar-refractivity contribution in [3.8, 4) is 0 Å². The van der Waals surface area contributed by atoms with E-state index < -0.39 is 5.97 Å². The zero-order valence-electron chi connectivity index (χ0n) is 13.1. The average molecular weight is 313 g/mol. The molecule has 1 N–H and O–H groups in total. The van der Waals surface area contributed by atoms with Gasteiger partial charge in [0, 0.05) is 19.1 Å². The van der Waals surface area contributed by atoms with Gasteiger partial charge in [0.25, 0.3) is 0 Å². The molecule has 3 rings (SSSR count). The molecule has 1 heterocycles. The van der Waals surface area contributed by atoms with Crippen molar-refractivity contribution in [2.75, 3.05) is 6.54 Å². The van der Waals surface area contributed by atoms with Crippen molar-refractivity contribution >= 4 is 5.97 Å². The largest absolute Gasteiger partial charge is 0.478 e. The molecule has 2 atom stereocenters. The topological polar surface area (TPSA) is 40.5 Å². The zero-order valence-corrected chi connectivity index (χ0v) is 13.1. The Morgan fingerprint density at radius 2 is 1.83 bits per heavy atom. The molecule has 0 radical (unpaired) electrons. The molecule has 0 amide bonds. The molecule has 1 aliphatic rings. The van der Waals surface area contributed by atoms with E-state index in [4.69, 9.17) is 5.11 Å². The van der Waals surface area contributed by atoms with Gasteiger partial charge in [-0.15, -0.1) is 0 Å². The maximum absolute atomic E-state index is 13.1. The van der Waals surface area contributed by atoms with E-state index in [-0.39, 0.29) is 5.82 Å². The first kappa shape index (κ1) is 15.7. The van der Waals surface area contributed by atoms with Gasteiger partial charge in [0.1, 0.15) is 5.82 Å². The molecule has 1 saturated heterocycles. The van der Waals surface area contributed by atoms with E-state index in [0.717, 1.165) is 25.1 Å². The molecule has 1 fully saturated rings. The Kier molecular flexibility index (Phi) is 4.44. The molecule has 3 nitrogen and oxygen atoms in total. The van der Waals surface area contributed by atoms with E-state index in [1.165, 1.54) is 17.7 Å². The van der Waals surface area contributed by atoms with Crippen LogP contribution in [-0.2, 0) is 6.54 Å². The van der Waals surface area contributed by atoms with Crippen molar-refractivity contribution in [1.82, 2.24) is 4.90 Å². The summed E-state index contributed by atoms with van der Waals surface area (Å²) >= 11 is 0. The molecule has 23 heavy (non-hydrogen) atoms. The van der Waals surface area contributed by atoms with Crippen LogP contribution >= 0.6 is 0 Å². The number of nitrogens with zero attached hydrogens (tertiary/aromatic N) is 1. The highest BCUT2D eigenvalue weighted by molar-refractivity contribution is 5.87. The summed E-state index contributed by atoms with van der Waals surface area (Å²) < 4.78 is 13.1. The molecule has 0 spiro atoms. The third kappa shape index (κ3) is 3.59. The molecule has 0 unspecified atom stereocenters. The Labute approximate surface area is 135 Å². The smallest absolute Gasteiger partial charge is 0.335 e. The van der Waals surface area contributed by atoms with Gasteiger partial charge in [-0.1, -0.05) is 24.3 Å². The molecule has 120 valence electrons. The summed E-state index contributed by atoms with van der Waals surface area (Å²) in [6.45, 7) is 3.95. The van der Waals surface area contributed by atoms with Gasteiger partial charge in [0.05, 0.1) is 5.56 Å². The molecular weight excluding hydrogens is 293 g/mol. The first-order chi connectivity index (χ1) is 11.0. The van der Waals surface area contributed by atoms with Crippen LogP contribution < -0.4 is 0 Å². The lowest BCUT2D eigenvalue weighted by molar-refractivity contribution is 0.0697. The van der Waals surface area contributed by atoms with Crippen LogP contribution in [0.3, 0.4) is 0 Å². The van der Waals surface area contributed by atoms with Crippen LogP contribution in [-0.4, -0.2) is 28.6 Å². The Morgan fingerprint density at radius 3 is 2.43 bits per heavy atom. The predicted molar refractivity (Wildman–Crippen MR) is 87.0 cm³/mol. The number of hydrogen-bond donors (Lipinski definition) is 1. The Morgan fingerprint density at radius 1 is 1.17 bits per heavy atom. The third-order valence-corrected chi connectivity index (χ3v) is 4.63. The van der Waals surface area contributed by atoms with Crippen molar-refractivity contribution in [2.45, 2.75) is 31.8 Å². The Balaban J connectivity index is 1.67. The van der Waals surface area contributed by atoms with Crippen LogP contribution in [0.2, 0.25) is 0 Å². The summed E-state index contributed by atoms with van der Waals surface area (Å²) in [5.74, 6) is -0.679. The van der Waals surface area contributed by atoms with Crippen molar-refractivity contribution in [1.29, 1.82) is 0 Å². The maximum atomic E-state index is 13.1. The number of rotatable bonds is 4. The SMILES string of the molecule is C[C@@H]1C[C@H](c2ccc(F)cc2)CN1Cc1ccc(C(=O)O)cc1. The molecule has 2 aromatic rings. The lowest BCUT2D eigenvalue weighted by Crippen LogP contribution is -2.26. The fourth-order valence-corrected chi connectivity index (χ4v) is 3.28. The summed E-state index contributed by atoms with van der Waals surface area (Å²) in [5.41, 5.74) is 2.61. The van der Waals surface area contributed by atoms with Crippen molar-refractivity contribution < 1.29 is 14.3 Å². The van der Waals surface area contributed by atoms with E-state index in [1.807, 2.05) is 24.3 Å². The van der Waals surface area contributed by atoms with Crippen LogP contribution in [0.15, 0.2) is 48.5 Å². The minimum absolute atomic E-state index is 0.199. The van der Waals surface area contributed by atoms with Crippen molar-refractivity contribution in [2.24, 2.45) is 0 Å². The number of likely N-dealkylation sites (tertiary alicyclic amines) is 1. The number of hydrogen-bond acceptors (Lipinski definition) is 2. The van der Waals surface area contributed by atoms with Gasteiger partial charge in [-0.3, -0.25) is 4.90 Å². The van der Waals surface area contributed by atoms with Crippen LogP contribution in [0.4, 0.5) is 4.39 Å². The van der Waals surface area contributed by atoms with Gasteiger partial charge in [0.15, 0.2) is 0 Å². The summed E-state index contributed by atoms with van der Waals surface area (Å²) in [5, 5.41) is 8.95. The first-order valence-electron chi connectivity index (χ1n) is 7.84. The van der Waals surface area contributed by atoms with Crippen LogP contribution in [0.5, 0.6) is 0 Å². The molecule has 2 aromatic carbocycles. The fraction of sp³-hybridized carbons (Fsp3) is 0.316. The normalized spacial score (nSPS) is 21.5. The van der Waals surface area contributed by atoms with E-state index in [2.05, 4.69) is 11.8 Å². The van der Waals surface area contributed by atoms with Gasteiger partial charge >= 0.3 is 5.97 Å². The van der Waals surface area contributed by atoms with E-state index in [9.17, 15) is 9.18 Å². The quantitative estimate of drug-likeness (QED) is 0.930. The number of halogens is 1. The molecule has 0 saturated carbocycles. The van der Waals surface area contributed by atoms with Gasteiger partial charge in [-0.2, -0.15) is 0 Å². The second kappa shape index (κ2) is 6.50. The monoisotopic (exact) mass is 313 g/mol.